The summed E-state index contributed by atoms with van der Waals surface area (Å²) in [6.07, 6.45) is 1.35. The summed E-state index contributed by atoms with van der Waals surface area (Å²) >= 11 is 0. The number of nitrogen functional groups attached to an aromatic ring is 1. The first-order valence-corrected chi connectivity index (χ1v) is 13.2. The van der Waals surface area contributed by atoms with Crippen LogP contribution >= 0.6 is 23.5 Å². The van der Waals surface area contributed by atoms with Crippen molar-refractivity contribution in [3.63, 3.8) is 0 Å². The van der Waals surface area contributed by atoms with Gasteiger partial charge >= 0.3 is 23.5 Å². The molecule has 4 rings (SSSR count). The first-order chi connectivity index (χ1) is 15.8. The summed E-state index contributed by atoms with van der Waals surface area (Å²) in [5.74, 6) is -2.35. The summed E-state index contributed by atoms with van der Waals surface area (Å²) in [6.45, 7) is 0. The Bertz CT molecular complexity index is 1480. The lowest BCUT2D eigenvalue weighted by molar-refractivity contribution is -0.165. The molecule has 2 fully saturated rings. The molecule has 0 bridgehead atoms. The van der Waals surface area contributed by atoms with E-state index >= 15 is 4.39 Å². The molecule has 7 atom stereocenters. The molecule has 2 aliphatic rings. The number of aliphatic hydroxyl groups is 2. The molecule has 2 aromatic rings. The topological polar surface area (TPSA) is 299 Å². The molecule has 9 N–H and O–H groups in total. The minimum absolute atomic E-state index is 0.354. The van der Waals surface area contributed by atoms with Gasteiger partial charge in [-0.1, -0.05) is 5.92 Å². The van der Waals surface area contributed by atoms with Crippen LogP contribution < -0.4 is 11.3 Å². The maximum absolute atomic E-state index is 15.5. The fourth-order valence-corrected chi connectivity index (χ4v) is 6.76. The number of phosphoric ester groups is 1. The molecule has 2 aromatic heterocycles. The Morgan fingerprint density at radius 1 is 1.23 bits per heavy atom. The largest absolute Gasteiger partial charge is 0.490 e. The number of fused-ring (bicyclic) bond motifs is 2. The fraction of sp³-hybridized carbons (Fsp3) is 0.417. The monoisotopic (exact) mass is 563 g/mol. The number of alkyl halides is 1. The first-order valence-electron chi connectivity index (χ1n) is 8.64. The van der Waals surface area contributed by atoms with Crippen LogP contribution in [0.2, 0.25) is 0 Å². The summed E-state index contributed by atoms with van der Waals surface area (Å²) in [4.78, 5) is 57.4. The fourth-order valence-electron chi connectivity index (χ4n) is 3.55. The van der Waals surface area contributed by atoms with Gasteiger partial charge in [0.05, 0.1) is 6.33 Å². The van der Waals surface area contributed by atoms with Crippen molar-refractivity contribution >= 4 is 40.6 Å². The van der Waals surface area contributed by atoms with E-state index in [-0.39, 0.29) is 11.2 Å². The van der Waals surface area contributed by atoms with Crippen molar-refractivity contribution in [3.8, 4) is 12.3 Å². The lowest BCUT2D eigenvalue weighted by atomic mass is 9.93. The number of aromatic amines is 1. The minimum atomic E-state index is -5.98. The van der Waals surface area contributed by atoms with E-state index in [1.165, 1.54) is 0 Å². The number of imidazole rings is 1. The maximum Gasteiger partial charge on any atom is 0.490 e. The Balaban J connectivity index is 1.65. The Labute approximate surface area is 190 Å². The van der Waals surface area contributed by atoms with E-state index in [0.29, 0.717) is 0 Å². The second-order valence-corrected chi connectivity index (χ2v) is 11.5. The van der Waals surface area contributed by atoms with Crippen LogP contribution in [0.25, 0.3) is 11.2 Å². The normalized spacial score (nSPS) is 35.7. The lowest BCUT2D eigenvalue weighted by Gasteiger charge is -2.31. The highest BCUT2D eigenvalue weighted by atomic mass is 31.3. The molecule has 0 radical (unpaired) electrons. The lowest BCUT2D eigenvalue weighted by Crippen LogP contribution is -2.50. The number of hydrogen-bond acceptors (Lipinski definition) is 13. The third-order valence-corrected chi connectivity index (χ3v) is 8.76. The molecule has 1 saturated heterocycles. The Kier molecular flexibility index (Phi) is 5.55. The number of H-pyrrole nitrogens is 1. The molecule has 1 aliphatic carbocycles. The summed E-state index contributed by atoms with van der Waals surface area (Å²) in [5, 5.41) is 21.7. The van der Waals surface area contributed by atoms with Crippen molar-refractivity contribution < 1.29 is 65.8 Å². The molecular formula is C12H13FN5O14P3. The van der Waals surface area contributed by atoms with E-state index in [4.69, 9.17) is 26.7 Å². The van der Waals surface area contributed by atoms with Crippen molar-refractivity contribution in [2.45, 2.75) is 29.4 Å². The molecular weight excluding hydrogens is 550 g/mol. The van der Waals surface area contributed by atoms with E-state index in [1.54, 1.807) is 5.92 Å². The molecule has 23 heteroatoms. The first kappa shape index (κ1) is 26.0. The molecule has 0 spiro atoms. The number of nitrogens with one attached hydrogen (secondary N) is 1. The highest BCUT2D eigenvalue weighted by Gasteiger charge is 2.97. The summed E-state index contributed by atoms with van der Waals surface area (Å²) in [5.41, 5.74) is -2.59. The summed E-state index contributed by atoms with van der Waals surface area (Å²) in [7, 11) is -17.7. The molecule has 0 amide bonds. The van der Waals surface area contributed by atoms with Gasteiger partial charge in [-0.3, -0.25) is 18.9 Å². The maximum atomic E-state index is 15.5. The molecule has 0 aromatic carbocycles. The van der Waals surface area contributed by atoms with Gasteiger partial charge in [-0.15, -0.1) is 6.42 Å². The van der Waals surface area contributed by atoms with Crippen molar-refractivity contribution in [1.82, 2.24) is 19.5 Å². The van der Waals surface area contributed by atoms with Gasteiger partial charge in [0.25, 0.3) is 11.4 Å². The van der Waals surface area contributed by atoms with Crippen molar-refractivity contribution in [2.24, 2.45) is 0 Å². The number of ether oxygens (including phenoxy) is 1. The average molecular weight is 563 g/mol. The van der Waals surface area contributed by atoms with Crippen molar-refractivity contribution in [3.05, 3.63) is 16.7 Å². The summed E-state index contributed by atoms with van der Waals surface area (Å²) in [6, 6.07) is 0. The highest BCUT2D eigenvalue weighted by Crippen LogP contribution is 2.74. The standard InChI is InChI=1S/C12H13FN5O14P3/c1-2-10(20)8(18-3-15-4-5(18)16-9(14)17-6(4)19)29-12(13)7(11(10,12)21)30-34(25,26)32-35(27,28)31-33(22,23)24/h1,3,7-8,20-21H,(H,25,26)(H,27,28)(H2,22,23,24)(H3,14,16,17,19)/t7?,8-,10+,11+,12-/m1/s1. The molecule has 3 unspecified atom stereocenters. The zero-order valence-electron chi connectivity index (χ0n) is 16.4. The Morgan fingerprint density at radius 2 is 1.86 bits per heavy atom. The van der Waals surface area contributed by atoms with Gasteiger partial charge in [0.15, 0.2) is 23.5 Å². The van der Waals surface area contributed by atoms with Gasteiger partial charge < -0.3 is 40.3 Å². The van der Waals surface area contributed by atoms with Crippen LogP contribution in [0.4, 0.5) is 10.3 Å². The quantitative estimate of drug-likeness (QED) is 0.130. The van der Waals surface area contributed by atoms with Crippen LogP contribution in [0.1, 0.15) is 6.23 Å². The van der Waals surface area contributed by atoms with Crippen molar-refractivity contribution in [1.29, 1.82) is 0 Å². The molecule has 3 heterocycles. The average Bonchev–Trinajstić information content (AvgIpc) is 2.95. The molecule has 1 saturated carbocycles. The van der Waals surface area contributed by atoms with Gasteiger partial charge in [-0.2, -0.15) is 13.6 Å². The number of hydrogen-bond donors (Lipinski definition) is 8. The number of halogens is 1. The van der Waals surface area contributed by atoms with E-state index < -0.39 is 64.4 Å². The second kappa shape index (κ2) is 7.47. The van der Waals surface area contributed by atoms with Crippen molar-refractivity contribution in [2.75, 3.05) is 5.73 Å². The van der Waals surface area contributed by atoms with Gasteiger partial charge in [0.1, 0.15) is 0 Å². The van der Waals surface area contributed by atoms with Crippen LogP contribution in [0.3, 0.4) is 0 Å². The second-order valence-electron chi connectivity index (χ2n) is 7.14. The van der Waals surface area contributed by atoms with E-state index in [1.807, 2.05) is 0 Å². The number of terminal acetylenes is 1. The van der Waals surface area contributed by atoms with Gasteiger partial charge in [-0.25, -0.2) is 23.1 Å². The number of nitrogens with two attached hydrogens (primary N) is 1. The van der Waals surface area contributed by atoms with Gasteiger partial charge in [-0.05, 0) is 0 Å². The third-order valence-electron chi connectivity index (χ3n) is 4.95. The SMILES string of the molecule is C#C[C@]1(O)[C@H](n2cnc3c(=O)[nH]c(N)nc32)O[C@]2(F)C(OP(=O)(O)OP(=O)(O)OP(=O)(O)O)[C@@]21O. The van der Waals surface area contributed by atoms with Gasteiger partial charge in [0.2, 0.25) is 17.2 Å². The summed E-state index contributed by atoms with van der Waals surface area (Å²) < 4.78 is 66.6. The van der Waals surface area contributed by atoms with Crippen LogP contribution in [0.15, 0.2) is 11.1 Å². The zero-order valence-corrected chi connectivity index (χ0v) is 19.1. The molecule has 1 aliphatic heterocycles. The number of aromatic nitrogens is 4. The van der Waals surface area contributed by atoms with Crippen LogP contribution in [-0.4, -0.2) is 72.5 Å². The van der Waals surface area contributed by atoms with E-state index in [9.17, 15) is 38.5 Å². The number of rotatable bonds is 7. The number of anilines is 1. The predicted octanol–water partition coefficient (Wildman–Crippen LogP) is -2.28. The minimum Gasteiger partial charge on any atom is -0.378 e. The third kappa shape index (κ3) is 3.87. The van der Waals surface area contributed by atoms with Crippen LogP contribution in [-0.2, 0) is 31.6 Å². The number of nitrogens with zero attached hydrogens (tertiary/aromatic N) is 3. The molecule has 192 valence electrons. The molecule has 35 heavy (non-hydrogen) atoms. The smallest absolute Gasteiger partial charge is 0.378 e. The Morgan fingerprint density at radius 3 is 2.43 bits per heavy atom. The molecule has 19 nitrogen and oxygen atoms in total. The van der Waals surface area contributed by atoms with Gasteiger partial charge in [0, 0.05) is 0 Å². The highest BCUT2D eigenvalue weighted by molar-refractivity contribution is 7.66. The zero-order chi connectivity index (χ0) is 26.4. The predicted molar refractivity (Wildman–Crippen MR) is 104 cm³/mol. The van der Waals surface area contributed by atoms with E-state index in [0.717, 1.165) is 10.9 Å². The van der Waals surface area contributed by atoms with Crippen LogP contribution in [0, 0.1) is 12.3 Å². The van der Waals surface area contributed by atoms with E-state index in [2.05, 4.69) is 28.1 Å². The number of phosphoric acid groups is 3. The Hall–Kier alpha value is -2.07. The van der Waals surface area contributed by atoms with Crippen LogP contribution in [0.5, 0.6) is 0 Å².